The molecule has 4 nitrogen and oxygen atoms in total. The molecule has 0 N–H and O–H groups in total. The molecule has 19 heavy (non-hydrogen) atoms. The fraction of sp³-hybridized carbons (Fsp3) is 0.900. The predicted octanol–water partition coefficient (Wildman–Crippen LogP) is 2.17. The maximum absolute atomic E-state index is 12.6. The fourth-order valence-electron chi connectivity index (χ4n) is 0.920. The van der Waals surface area contributed by atoms with Gasteiger partial charge in [0.1, 0.15) is 5.60 Å². The number of methoxy groups -OCH3 is 1. The minimum atomic E-state index is -5.99. The molecule has 0 aromatic rings. The van der Waals surface area contributed by atoms with Crippen LogP contribution in [0.1, 0.15) is 13.8 Å². The van der Waals surface area contributed by atoms with Gasteiger partial charge in [-0.15, -0.1) is 0 Å². The maximum Gasteiger partial charge on any atom is 0.465 e. The molecule has 9 heteroatoms. The summed E-state index contributed by atoms with van der Waals surface area (Å²) in [5.74, 6) is -8.20. The van der Waals surface area contributed by atoms with Crippen LogP contribution in [-0.4, -0.2) is 50.6 Å². The molecular weight excluding hydrogens is 279 g/mol. The van der Waals surface area contributed by atoms with Crippen molar-refractivity contribution in [3.63, 3.8) is 0 Å². The molecule has 0 radical (unpaired) electrons. The van der Waals surface area contributed by atoms with E-state index < -0.39 is 23.7 Å². The molecule has 0 fully saturated rings. The first kappa shape index (κ1) is 18.0. The normalized spacial score (nSPS) is 13.5. The van der Waals surface area contributed by atoms with Crippen LogP contribution >= 0.6 is 0 Å². The van der Waals surface area contributed by atoms with Gasteiger partial charge in [0.25, 0.3) is 0 Å². The first-order chi connectivity index (χ1) is 8.44. The summed E-state index contributed by atoms with van der Waals surface area (Å²) in [5.41, 5.74) is -1.61. The van der Waals surface area contributed by atoms with Crippen LogP contribution in [0.2, 0.25) is 0 Å². The summed E-state index contributed by atoms with van der Waals surface area (Å²) in [4.78, 5) is 10.8. The Kier molecular flexibility index (Phi) is 6.14. The molecule has 0 spiro atoms. The van der Waals surface area contributed by atoms with E-state index >= 15 is 0 Å². The third kappa shape index (κ3) is 5.68. The Bertz CT molecular complexity index is 301. The Labute approximate surface area is 106 Å². The number of carbonyl (C=O) groups is 1. The molecule has 0 aliphatic rings. The molecule has 0 aliphatic carbocycles. The van der Waals surface area contributed by atoms with Crippen molar-refractivity contribution in [3.05, 3.63) is 0 Å². The summed E-state index contributed by atoms with van der Waals surface area (Å²) in [6.45, 7) is 2.28. The van der Waals surface area contributed by atoms with Gasteiger partial charge in [0.05, 0.1) is 19.8 Å². The topological polar surface area (TPSA) is 44.8 Å². The second-order valence-electron chi connectivity index (χ2n) is 4.27. The predicted molar refractivity (Wildman–Crippen MR) is 53.9 cm³/mol. The van der Waals surface area contributed by atoms with Gasteiger partial charge < -0.3 is 14.2 Å². The van der Waals surface area contributed by atoms with E-state index in [1.165, 1.54) is 7.11 Å². The molecular formula is C10H15F5O4. The van der Waals surface area contributed by atoms with E-state index in [-0.39, 0.29) is 19.8 Å². The highest BCUT2D eigenvalue weighted by Crippen LogP contribution is 2.37. The molecule has 0 atom stereocenters. The van der Waals surface area contributed by atoms with Crippen molar-refractivity contribution in [3.8, 4) is 0 Å². The first-order valence-electron chi connectivity index (χ1n) is 5.19. The van der Waals surface area contributed by atoms with Crippen molar-refractivity contribution >= 4 is 5.97 Å². The molecule has 114 valence electrons. The van der Waals surface area contributed by atoms with E-state index in [1.807, 2.05) is 0 Å². The van der Waals surface area contributed by atoms with Crippen LogP contribution in [0.4, 0.5) is 22.0 Å². The number of esters is 1. The van der Waals surface area contributed by atoms with E-state index in [0.29, 0.717) is 0 Å². The van der Waals surface area contributed by atoms with E-state index in [2.05, 4.69) is 9.47 Å². The van der Waals surface area contributed by atoms with Gasteiger partial charge in [0.15, 0.2) is 0 Å². The van der Waals surface area contributed by atoms with Gasteiger partial charge in [-0.2, -0.15) is 22.0 Å². The number of alkyl halides is 5. The smallest absolute Gasteiger partial charge is 0.453 e. The van der Waals surface area contributed by atoms with Crippen LogP contribution in [0.5, 0.6) is 0 Å². The standard InChI is InChI=1S/C10H15F5O4/c1-8(2,6-18-5-4-17-3)19-7(16)9(11,12)10(13,14)15/h4-6H2,1-3H3. The number of ether oxygens (including phenoxy) is 3. The highest BCUT2D eigenvalue weighted by molar-refractivity contribution is 5.79. The zero-order valence-electron chi connectivity index (χ0n) is 10.6. The largest absolute Gasteiger partial charge is 0.465 e. The monoisotopic (exact) mass is 294 g/mol. The zero-order valence-corrected chi connectivity index (χ0v) is 10.6. The van der Waals surface area contributed by atoms with Crippen molar-refractivity contribution < 1.29 is 41.0 Å². The molecule has 0 aromatic heterocycles. The molecule has 0 heterocycles. The van der Waals surface area contributed by atoms with Crippen LogP contribution in [-0.2, 0) is 19.0 Å². The molecule has 0 aliphatic heterocycles. The second-order valence-corrected chi connectivity index (χ2v) is 4.27. The third-order valence-corrected chi connectivity index (χ3v) is 1.86. The minimum absolute atomic E-state index is 0.0904. The van der Waals surface area contributed by atoms with Crippen molar-refractivity contribution in [2.75, 3.05) is 26.9 Å². The summed E-state index contributed by atoms with van der Waals surface area (Å²) in [6, 6.07) is 0. The lowest BCUT2D eigenvalue weighted by atomic mass is 10.1. The Balaban J connectivity index is 4.45. The molecule has 0 saturated heterocycles. The van der Waals surface area contributed by atoms with Crippen LogP contribution in [0, 0.1) is 0 Å². The Hall–Kier alpha value is -0.960. The molecule has 0 aromatic carbocycles. The average Bonchev–Trinajstić information content (AvgIpc) is 2.22. The Morgan fingerprint density at radius 2 is 1.58 bits per heavy atom. The molecule has 0 bridgehead atoms. The van der Waals surface area contributed by atoms with Gasteiger partial charge in [-0.25, -0.2) is 4.79 Å². The highest BCUT2D eigenvalue weighted by atomic mass is 19.4. The Morgan fingerprint density at radius 1 is 1.05 bits per heavy atom. The summed E-state index contributed by atoms with van der Waals surface area (Å²) in [5, 5.41) is 0. The van der Waals surface area contributed by atoms with Gasteiger partial charge in [-0.1, -0.05) is 0 Å². The van der Waals surface area contributed by atoms with Crippen molar-refractivity contribution in [2.45, 2.75) is 31.5 Å². The van der Waals surface area contributed by atoms with Gasteiger partial charge in [-0.3, -0.25) is 0 Å². The lowest BCUT2D eigenvalue weighted by molar-refractivity contribution is -0.285. The van der Waals surface area contributed by atoms with E-state index in [0.717, 1.165) is 13.8 Å². The molecule has 0 amide bonds. The van der Waals surface area contributed by atoms with Gasteiger partial charge in [-0.05, 0) is 13.8 Å². The summed E-state index contributed by atoms with van der Waals surface area (Å²) in [6.07, 6.45) is -5.99. The molecule has 0 rings (SSSR count). The first-order valence-corrected chi connectivity index (χ1v) is 5.19. The third-order valence-electron chi connectivity index (χ3n) is 1.86. The second kappa shape index (κ2) is 6.47. The van der Waals surface area contributed by atoms with Crippen molar-refractivity contribution in [1.29, 1.82) is 0 Å². The number of carbonyl (C=O) groups excluding carboxylic acids is 1. The average molecular weight is 294 g/mol. The van der Waals surface area contributed by atoms with Crippen molar-refractivity contribution in [1.82, 2.24) is 0 Å². The summed E-state index contributed by atoms with van der Waals surface area (Å²) < 4.78 is 74.7. The lowest BCUT2D eigenvalue weighted by Gasteiger charge is -2.27. The maximum atomic E-state index is 12.6. The summed E-state index contributed by atoms with van der Waals surface area (Å²) in [7, 11) is 1.40. The quantitative estimate of drug-likeness (QED) is 0.410. The minimum Gasteiger partial charge on any atom is -0.453 e. The van der Waals surface area contributed by atoms with Gasteiger partial charge in [0.2, 0.25) is 0 Å². The summed E-state index contributed by atoms with van der Waals surface area (Å²) >= 11 is 0. The SMILES string of the molecule is COCCOCC(C)(C)OC(=O)C(F)(F)C(F)(F)F. The highest BCUT2D eigenvalue weighted by Gasteiger charge is 2.65. The molecule has 0 saturated carbocycles. The van der Waals surface area contributed by atoms with Gasteiger partial charge >= 0.3 is 18.1 Å². The lowest BCUT2D eigenvalue weighted by Crippen LogP contribution is -2.49. The van der Waals surface area contributed by atoms with E-state index in [4.69, 9.17) is 4.74 Å². The fourth-order valence-corrected chi connectivity index (χ4v) is 0.920. The van der Waals surface area contributed by atoms with Crippen LogP contribution < -0.4 is 0 Å². The number of rotatable bonds is 7. The number of halogens is 5. The van der Waals surface area contributed by atoms with Crippen LogP contribution in [0.25, 0.3) is 0 Å². The zero-order chi connectivity index (χ0) is 15.3. The van der Waals surface area contributed by atoms with E-state index in [1.54, 1.807) is 0 Å². The number of hydrogen-bond acceptors (Lipinski definition) is 4. The molecule has 0 unspecified atom stereocenters. The van der Waals surface area contributed by atoms with Crippen molar-refractivity contribution in [2.24, 2.45) is 0 Å². The van der Waals surface area contributed by atoms with Crippen LogP contribution in [0.15, 0.2) is 0 Å². The Morgan fingerprint density at radius 3 is 2.00 bits per heavy atom. The van der Waals surface area contributed by atoms with Gasteiger partial charge in [0, 0.05) is 7.11 Å². The number of hydrogen-bond donors (Lipinski definition) is 0. The van der Waals surface area contributed by atoms with Crippen LogP contribution in [0.3, 0.4) is 0 Å². The van der Waals surface area contributed by atoms with E-state index in [9.17, 15) is 26.7 Å².